The molecule has 1 aromatic carbocycles. The second-order valence-electron chi connectivity index (χ2n) is 4.78. The van der Waals surface area contributed by atoms with Crippen LogP contribution in [0.15, 0.2) is 36.4 Å². The van der Waals surface area contributed by atoms with Gasteiger partial charge in [-0.05, 0) is 43.3 Å². The van der Waals surface area contributed by atoms with E-state index in [0.717, 1.165) is 22.6 Å². The Hall–Kier alpha value is -2.14. The van der Waals surface area contributed by atoms with Gasteiger partial charge in [-0.3, -0.25) is 0 Å². The second-order valence-corrected chi connectivity index (χ2v) is 5.22. The first kappa shape index (κ1) is 14.3. The minimum absolute atomic E-state index is 0.338. The summed E-state index contributed by atoms with van der Waals surface area (Å²) < 4.78 is 0. The van der Waals surface area contributed by atoms with Gasteiger partial charge >= 0.3 is 0 Å². The average molecular weight is 286 g/mol. The first-order chi connectivity index (χ1) is 9.47. The number of pyridine rings is 1. The zero-order chi connectivity index (χ0) is 14.7. The van der Waals surface area contributed by atoms with Crippen molar-refractivity contribution in [3.05, 3.63) is 47.7 Å². The Labute approximate surface area is 124 Å². The van der Waals surface area contributed by atoms with Gasteiger partial charge in [-0.25, -0.2) is 4.98 Å². The normalized spacial score (nSPS) is 10.2. The Balaban J connectivity index is 2.29. The molecule has 0 aliphatic heterocycles. The average Bonchev–Trinajstić information content (AvgIpc) is 2.39. The van der Waals surface area contributed by atoms with Crippen LogP contribution < -0.4 is 16.0 Å². The minimum atomic E-state index is 0.338. The molecule has 5 heteroatoms. The molecule has 0 fully saturated rings. The summed E-state index contributed by atoms with van der Waals surface area (Å²) in [6.45, 7) is 1.93. The summed E-state index contributed by atoms with van der Waals surface area (Å²) in [5, 5.41) is 3.26. The third kappa shape index (κ3) is 3.24. The van der Waals surface area contributed by atoms with Crippen molar-refractivity contribution in [3.8, 4) is 0 Å². The van der Waals surface area contributed by atoms with Gasteiger partial charge in [0.1, 0.15) is 10.8 Å². The lowest BCUT2D eigenvalue weighted by molar-refractivity contribution is 1.13. The van der Waals surface area contributed by atoms with E-state index in [0.29, 0.717) is 10.8 Å². The fourth-order valence-corrected chi connectivity index (χ4v) is 2.00. The Bertz CT molecular complexity index is 620. The van der Waals surface area contributed by atoms with Crippen molar-refractivity contribution >= 4 is 34.4 Å². The number of nitrogens with two attached hydrogens (primary N) is 1. The van der Waals surface area contributed by atoms with Crippen LogP contribution >= 0.6 is 12.2 Å². The minimum Gasteiger partial charge on any atom is -0.389 e. The van der Waals surface area contributed by atoms with Crippen molar-refractivity contribution in [2.45, 2.75) is 6.92 Å². The molecule has 0 spiro atoms. The molecular formula is C15H18N4S. The lowest BCUT2D eigenvalue weighted by Gasteiger charge is -2.14. The van der Waals surface area contributed by atoms with Crippen LogP contribution in [0.25, 0.3) is 0 Å². The summed E-state index contributed by atoms with van der Waals surface area (Å²) in [6.07, 6.45) is 0. The van der Waals surface area contributed by atoms with E-state index in [1.54, 1.807) is 0 Å². The van der Waals surface area contributed by atoms with E-state index >= 15 is 0 Å². The van der Waals surface area contributed by atoms with Gasteiger partial charge in [0.25, 0.3) is 0 Å². The van der Waals surface area contributed by atoms with Crippen molar-refractivity contribution < 1.29 is 0 Å². The van der Waals surface area contributed by atoms with Crippen molar-refractivity contribution in [1.29, 1.82) is 0 Å². The maximum absolute atomic E-state index is 5.73. The molecule has 0 aliphatic carbocycles. The molecule has 2 aromatic rings. The number of hydrogen-bond acceptors (Lipinski definition) is 4. The maximum Gasteiger partial charge on any atom is 0.140 e. The molecular weight excluding hydrogens is 268 g/mol. The molecule has 0 aliphatic rings. The summed E-state index contributed by atoms with van der Waals surface area (Å²) in [5.74, 6) is 0.690. The number of thiocarbonyl (C=S) groups is 1. The smallest absolute Gasteiger partial charge is 0.140 e. The molecule has 4 nitrogen and oxygen atoms in total. The molecule has 1 aromatic heterocycles. The van der Waals surface area contributed by atoms with Gasteiger partial charge < -0.3 is 16.0 Å². The molecule has 0 unspecified atom stereocenters. The van der Waals surface area contributed by atoms with E-state index in [2.05, 4.69) is 15.2 Å². The Morgan fingerprint density at radius 3 is 2.35 bits per heavy atom. The maximum atomic E-state index is 5.73. The van der Waals surface area contributed by atoms with E-state index < -0.39 is 0 Å². The number of nitrogens with one attached hydrogen (secondary N) is 1. The molecule has 2 rings (SSSR count). The van der Waals surface area contributed by atoms with Gasteiger partial charge in [-0.1, -0.05) is 12.2 Å². The highest BCUT2D eigenvalue weighted by atomic mass is 32.1. The lowest BCUT2D eigenvalue weighted by Crippen LogP contribution is -2.13. The van der Waals surface area contributed by atoms with Gasteiger partial charge in [0.2, 0.25) is 0 Å². The van der Waals surface area contributed by atoms with E-state index in [1.165, 1.54) is 0 Å². The van der Waals surface area contributed by atoms with Crippen molar-refractivity contribution in [3.63, 3.8) is 0 Å². The molecule has 0 saturated heterocycles. The topological polar surface area (TPSA) is 54.2 Å². The van der Waals surface area contributed by atoms with E-state index in [9.17, 15) is 0 Å². The second kappa shape index (κ2) is 5.88. The fraction of sp³-hybridized carbons (Fsp3) is 0.200. The molecule has 20 heavy (non-hydrogen) atoms. The number of benzene rings is 1. The molecule has 0 radical (unpaired) electrons. The fourth-order valence-electron chi connectivity index (χ4n) is 1.83. The summed E-state index contributed by atoms with van der Waals surface area (Å²) in [5.41, 5.74) is 9.48. The van der Waals surface area contributed by atoms with Gasteiger partial charge in [-0.2, -0.15) is 0 Å². The lowest BCUT2D eigenvalue weighted by atomic mass is 10.2. The predicted molar refractivity (Wildman–Crippen MR) is 88.9 cm³/mol. The SMILES string of the molecule is Cc1ccc(C(N)=S)c(Nc2ccc(N(C)C)cc2)n1. The van der Waals surface area contributed by atoms with E-state index in [1.807, 2.05) is 57.4 Å². The number of aromatic nitrogens is 1. The highest BCUT2D eigenvalue weighted by Crippen LogP contribution is 2.21. The monoisotopic (exact) mass is 286 g/mol. The van der Waals surface area contributed by atoms with Crippen LogP contribution in [0.4, 0.5) is 17.2 Å². The largest absolute Gasteiger partial charge is 0.389 e. The quantitative estimate of drug-likeness (QED) is 0.847. The molecule has 0 atom stereocenters. The highest BCUT2D eigenvalue weighted by molar-refractivity contribution is 7.80. The number of rotatable bonds is 4. The molecule has 0 saturated carbocycles. The molecule has 3 N–H and O–H groups in total. The van der Waals surface area contributed by atoms with Crippen LogP contribution in [0.3, 0.4) is 0 Å². The number of hydrogen-bond donors (Lipinski definition) is 2. The third-order valence-corrected chi connectivity index (χ3v) is 3.17. The highest BCUT2D eigenvalue weighted by Gasteiger charge is 2.07. The van der Waals surface area contributed by atoms with Crippen molar-refractivity contribution in [2.24, 2.45) is 5.73 Å². The predicted octanol–water partition coefficient (Wildman–Crippen LogP) is 2.83. The Morgan fingerprint density at radius 2 is 1.80 bits per heavy atom. The summed E-state index contributed by atoms with van der Waals surface area (Å²) in [4.78, 5) is 6.85. The van der Waals surface area contributed by atoms with Gasteiger partial charge in [0, 0.05) is 31.2 Å². The Morgan fingerprint density at radius 1 is 1.15 bits per heavy atom. The Kier molecular flexibility index (Phi) is 4.20. The van der Waals surface area contributed by atoms with Crippen LogP contribution in [0.2, 0.25) is 0 Å². The summed E-state index contributed by atoms with van der Waals surface area (Å²) in [7, 11) is 4.02. The van der Waals surface area contributed by atoms with Crippen molar-refractivity contribution in [2.75, 3.05) is 24.3 Å². The molecule has 104 valence electrons. The van der Waals surface area contributed by atoms with Crippen molar-refractivity contribution in [1.82, 2.24) is 4.98 Å². The molecule has 0 bridgehead atoms. The third-order valence-electron chi connectivity index (χ3n) is 2.95. The van der Waals surface area contributed by atoms with Crippen LogP contribution in [0, 0.1) is 6.92 Å². The zero-order valence-electron chi connectivity index (χ0n) is 11.8. The van der Waals surface area contributed by atoms with E-state index in [-0.39, 0.29) is 0 Å². The van der Waals surface area contributed by atoms with Crippen LogP contribution in [0.1, 0.15) is 11.3 Å². The number of nitrogens with zero attached hydrogens (tertiary/aromatic N) is 2. The van der Waals surface area contributed by atoms with Crippen LogP contribution in [-0.4, -0.2) is 24.1 Å². The summed E-state index contributed by atoms with van der Waals surface area (Å²) in [6, 6.07) is 11.9. The zero-order valence-corrected chi connectivity index (χ0v) is 12.7. The number of anilines is 3. The molecule has 1 heterocycles. The first-order valence-corrected chi connectivity index (χ1v) is 6.70. The first-order valence-electron chi connectivity index (χ1n) is 6.29. The summed E-state index contributed by atoms with van der Waals surface area (Å²) >= 11 is 5.06. The molecule has 0 amide bonds. The van der Waals surface area contributed by atoms with Crippen LogP contribution in [-0.2, 0) is 0 Å². The van der Waals surface area contributed by atoms with E-state index in [4.69, 9.17) is 18.0 Å². The van der Waals surface area contributed by atoms with Gasteiger partial charge in [-0.15, -0.1) is 0 Å². The standard InChI is InChI=1S/C15H18N4S/c1-10-4-9-13(14(16)20)15(17-10)18-11-5-7-12(8-6-11)19(2)3/h4-9H,1-3H3,(H2,16,20)(H,17,18). The number of aryl methyl sites for hydroxylation is 1. The van der Waals surface area contributed by atoms with Crippen LogP contribution in [0.5, 0.6) is 0 Å². The van der Waals surface area contributed by atoms with Gasteiger partial charge in [0.15, 0.2) is 0 Å². The van der Waals surface area contributed by atoms with Gasteiger partial charge in [0.05, 0.1) is 5.56 Å².